The third-order valence-electron chi connectivity index (χ3n) is 4.50. The Balaban J connectivity index is 1.90. The minimum atomic E-state index is 0.0661. The van der Waals surface area contributed by atoms with Crippen molar-refractivity contribution in [1.82, 2.24) is 0 Å². The SMILES string of the molecule is CC1(C)CCC(N2c3ccccc3Cc3ccccc32)=N1. The van der Waals surface area contributed by atoms with Crippen LogP contribution in [0.2, 0.25) is 0 Å². The highest BCUT2D eigenvalue weighted by molar-refractivity contribution is 6.07. The number of nitrogens with zero attached hydrogens (tertiary/aromatic N) is 2. The van der Waals surface area contributed by atoms with E-state index in [2.05, 4.69) is 67.3 Å². The van der Waals surface area contributed by atoms with Gasteiger partial charge in [-0.05, 0) is 43.5 Å². The molecule has 0 atom stereocenters. The van der Waals surface area contributed by atoms with Crippen LogP contribution in [-0.2, 0) is 6.42 Å². The van der Waals surface area contributed by atoms with Crippen LogP contribution in [0.5, 0.6) is 0 Å². The molecule has 2 aliphatic heterocycles. The number of hydrogen-bond acceptors (Lipinski definition) is 2. The van der Waals surface area contributed by atoms with Crippen molar-refractivity contribution in [3.63, 3.8) is 0 Å². The van der Waals surface area contributed by atoms with Gasteiger partial charge in [-0.2, -0.15) is 0 Å². The van der Waals surface area contributed by atoms with E-state index in [1.54, 1.807) is 0 Å². The van der Waals surface area contributed by atoms with Gasteiger partial charge in [0.05, 0.1) is 16.9 Å². The van der Waals surface area contributed by atoms with Crippen molar-refractivity contribution < 1.29 is 0 Å². The lowest BCUT2D eigenvalue weighted by molar-refractivity contribution is 0.522. The molecule has 0 bridgehead atoms. The maximum absolute atomic E-state index is 4.98. The lowest BCUT2D eigenvalue weighted by atomic mass is 9.95. The Morgan fingerprint density at radius 2 is 1.48 bits per heavy atom. The summed E-state index contributed by atoms with van der Waals surface area (Å²) in [5, 5.41) is 0. The first kappa shape index (κ1) is 12.6. The van der Waals surface area contributed by atoms with E-state index >= 15 is 0 Å². The van der Waals surface area contributed by atoms with Gasteiger partial charge in [-0.3, -0.25) is 9.89 Å². The summed E-state index contributed by atoms with van der Waals surface area (Å²) in [7, 11) is 0. The molecular weight excluding hydrogens is 256 g/mol. The van der Waals surface area contributed by atoms with Crippen LogP contribution in [0.25, 0.3) is 0 Å². The molecule has 2 aromatic rings. The average molecular weight is 276 g/mol. The number of amidine groups is 1. The van der Waals surface area contributed by atoms with E-state index in [9.17, 15) is 0 Å². The summed E-state index contributed by atoms with van der Waals surface area (Å²) in [6.07, 6.45) is 3.19. The third kappa shape index (κ3) is 2.06. The molecule has 2 heterocycles. The molecule has 106 valence electrons. The quantitative estimate of drug-likeness (QED) is 0.681. The summed E-state index contributed by atoms with van der Waals surface area (Å²) >= 11 is 0. The van der Waals surface area contributed by atoms with Gasteiger partial charge in [0.1, 0.15) is 5.84 Å². The van der Waals surface area contributed by atoms with Gasteiger partial charge in [-0.1, -0.05) is 36.4 Å². The van der Waals surface area contributed by atoms with Crippen LogP contribution >= 0.6 is 0 Å². The van der Waals surface area contributed by atoms with Gasteiger partial charge in [0.25, 0.3) is 0 Å². The fraction of sp³-hybridized carbons (Fsp3) is 0.316. The summed E-state index contributed by atoms with van der Waals surface area (Å²) in [5.74, 6) is 1.21. The molecule has 0 unspecified atom stereocenters. The second kappa shape index (κ2) is 4.45. The predicted molar refractivity (Wildman–Crippen MR) is 88.6 cm³/mol. The van der Waals surface area contributed by atoms with Crippen molar-refractivity contribution >= 4 is 17.2 Å². The van der Waals surface area contributed by atoms with Crippen molar-refractivity contribution in [3.05, 3.63) is 59.7 Å². The second-order valence-electron chi connectivity index (χ2n) is 6.61. The lowest BCUT2D eigenvalue weighted by Gasteiger charge is -2.33. The highest BCUT2D eigenvalue weighted by Gasteiger charge is 2.32. The molecule has 0 aromatic heterocycles. The monoisotopic (exact) mass is 276 g/mol. The lowest BCUT2D eigenvalue weighted by Crippen LogP contribution is -2.29. The van der Waals surface area contributed by atoms with Gasteiger partial charge in [-0.25, -0.2) is 0 Å². The van der Waals surface area contributed by atoms with E-state index < -0.39 is 0 Å². The Hall–Kier alpha value is -2.09. The predicted octanol–water partition coefficient (Wildman–Crippen LogP) is 4.70. The zero-order valence-corrected chi connectivity index (χ0v) is 12.6. The molecular formula is C19H20N2. The summed E-state index contributed by atoms with van der Waals surface area (Å²) in [4.78, 5) is 7.36. The minimum Gasteiger partial charge on any atom is -0.298 e. The standard InChI is InChI=1S/C19H20N2/c1-19(2)12-11-18(20-19)21-16-9-5-3-7-14(16)13-15-8-4-6-10-17(15)21/h3-10H,11-13H2,1-2H3. The number of anilines is 2. The fourth-order valence-corrected chi connectivity index (χ4v) is 3.41. The number of hydrogen-bond donors (Lipinski definition) is 0. The number of fused-ring (bicyclic) bond motifs is 2. The van der Waals surface area contributed by atoms with Crippen LogP contribution in [0, 0.1) is 0 Å². The van der Waals surface area contributed by atoms with Gasteiger partial charge >= 0.3 is 0 Å². The molecule has 0 spiro atoms. The normalized spacial score (nSPS) is 19.0. The minimum absolute atomic E-state index is 0.0661. The molecule has 0 amide bonds. The summed E-state index contributed by atoms with van der Waals surface area (Å²) in [6.45, 7) is 4.45. The maximum Gasteiger partial charge on any atom is 0.109 e. The van der Waals surface area contributed by atoms with Gasteiger partial charge in [-0.15, -0.1) is 0 Å². The maximum atomic E-state index is 4.98. The number of aliphatic imine (C=N–C) groups is 1. The molecule has 0 fully saturated rings. The molecule has 0 aliphatic carbocycles. The third-order valence-corrected chi connectivity index (χ3v) is 4.50. The van der Waals surface area contributed by atoms with Crippen molar-refractivity contribution in [2.24, 2.45) is 4.99 Å². The molecule has 2 heteroatoms. The van der Waals surface area contributed by atoms with E-state index in [1.807, 2.05) is 0 Å². The van der Waals surface area contributed by atoms with Crippen LogP contribution in [0.15, 0.2) is 53.5 Å². The largest absolute Gasteiger partial charge is 0.298 e. The Morgan fingerprint density at radius 3 is 2.00 bits per heavy atom. The zero-order chi connectivity index (χ0) is 14.4. The first-order chi connectivity index (χ1) is 10.1. The molecule has 0 saturated heterocycles. The molecule has 0 radical (unpaired) electrons. The highest BCUT2D eigenvalue weighted by atomic mass is 15.2. The van der Waals surface area contributed by atoms with E-state index in [1.165, 1.54) is 28.3 Å². The Bertz CT molecular complexity index is 682. The van der Waals surface area contributed by atoms with Crippen molar-refractivity contribution in [2.75, 3.05) is 4.90 Å². The van der Waals surface area contributed by atoms with E-state index in [0.717, 1.165) is 19.3 Å². The van der Waals surface area contributed by atoms with Crippen molar-refractivity contribution in [1.29, 1.82) is 0 Å². The average Bonchev–Trinajstić information content (AvgIpc) is 2.84. The molecule has 21 heavy (non-hydrogen) atoms. The van der Waals surface area contributed by atoms with Crippen LogP contribution < -0.4 is 4.90 Å². The van der Waals surface area contributed by atoms with Crippen LogP contribution in [0.1, 0.15) is 37.8 Å². The second-order valence-corrected chi connectivity index (χ2v) is 6.61. The highest BCUT2D eigenvalue weighted by Crippen LogP contribution is 2.41. The topological polar surface area (TPSA) is 15.6 Å². The fourth-order valence-electron chi connectivity index (χ4n) is 3.41. The van der Waals surface area contributed by atoms with E-state index in [0.29, 0.717) is 0 Å². The molecule has 4 rings (SSSR count). The summed E-state index contributed by atoms with van der Waals surface area (Å²) < 4.78 is 0. The van der Waals surface area contributed by atoms with Crippen LogP contribution in [-0.4, -0.2) is 11.4 Å². The van der Waals surface area contributed by atoms with Gasteiger partial charge in [0.2, 0.25) is 0 Å². The molecule has 0 saturated carbocycles. The molecule has 2 nitrogen and oxygen atoms in total. The molecule has 2 aliphatic rings. The Morgan fingerprint density at radius 1 is 0.905 bits per heavy atom. The Kier molecular flexibility index (Phi) is 2.68. The van der Waals surface area contributed by atoms with Gasteiger partial charge in [0.15, 0.2) is 0 Å². The Labute approximate surface area is 126 Å². The van der Waals surface area contributed by atoms with Crippen molar-refractivity contribution in [2.45, 2.75) is 38.6 Å². The number of rotatable bonds is 0. The zero-order valence-electron chi connectivity index (χ0n) is 12.6. The number of para-hydroxylation sites is 2. The van der Waals surface area contributed by atoms with E-state index in [4.69, 9.17) is 4.99 Å². The number of benzene rings is 2. The van der Waals surface area contributed by atoms with Crippen molar-refractivity contribution in [3.8, 4) is 0 Å². The van der Waals surface area contributed by atoms with Gasteiger partial charge in [0, 0.05) is 12.8 Å². The van der Waals surface area contributed by atoms with Crippen LogP contribution in [0.3, 0.4) is 0 Å². The molecule has 0 N–H and O–H groups in total. The van der Waals surface area contributed by atoms with Gasteiger partial charge < -0.3 is 0 Å². The smallest absolute Gasteiger partial charge is 0.109 e. The van der Waals surface area contributed by atoms with Crippen LogP contribution in [0.4, 0.5) is 11.4 Å². The molecule has 2 aromatic carbocycles. The summed E-state index contributed by atoms with van der Waals surface area (Å²) in [6, 6.07) is 17.4. The summed E-state index contributed by atoms with van der Waals surface area (Å²) in [5.41, 5.74) is 5.45. The first-order valence-electron chi connectivity index (χ1n) is 7.69. The first-order valence-corrected chi connectivity index (χ1v) is 7.69. The van der Waals surface area contributed by atoms with E-state index in [-0.39, 0.29) is 5.54 Å².